The van der Waals surface area contributed by atoms with Gasteiger partial charge in [-0.15, -0.1) is 0 Å². The maximum Gasteiger partial charge on any atom is 0.175 e. The number of sulfone groups is 1. The van der Waals surface area contributed by atoms with Crippen LogP contribution >= 0.6 is 0 Å². The minimum Gasteiger partial charge on any atom is -0.340 e. The van der Waals surface area contributed by atoms with Crippen LogP contribution in [0.4, 0.5) is 11.5 Å². The highest BCUT2D eigenvalue weighted by Gasteiger charge is 2.06. The van der Waals surface area contributed by atoms with Gasteiger partial charge in [-0.3, -0.25) is 0 Å². The molecule has 0 aliphatic carbocycles. The summed E-state index contributed by atoms with van der Waals surface area (Å²) in [6, 6.07) is 10.4. The highest BCUT2D eigenvalue weighted by Crippen LogP contribution is 2.17. The summed E-state index contributed by atoms with van der Waals surface area (Å²) in [5.41, 5.74) is 1.92. The molecule has 0 amide bonds. The van der Waals surface area contributed by atoms with Crippen LogP contribution in [0.2, 0.25) is 0 Å². The van der Waals surface area contributed by atoms with E-state index in [1.54, 1.807) is 30.5 Å². The van der Waals surface area contributed by atoms with Gasteiger partial charge in [-0.1, -0.05) is 0 Å². The zero-order chi connectivity index (χ0) is 13.2. The quantitative estimate of drug-likeness (QED) is 0.923. The minimum absolute atomic E-state index is 0.310. The lowest BCUT2D eigenvalue weighted by Crippen LogP contribution is -1.98. The summed E-state index contributed by atoms with van der Waals surface area (Å²) in [7, 11) is -3.14. The number of rotatable bonds is 3. The van der Waals surface area contributed by atoms with E-state index in [1.165, 1.54) is 6.26 Å². The van der Waals surface area contributed by atoms with Gasteiger partial charge in [-0.25, -0.2) is 13.4 Å². The lowest BCUT2D eigenvalue weighted by Gasteiger charge is -2.06. The molecule has 0 aliphatic heterocycles. The fourth-order valence-electron chi connectivity index (χ4n) is 1.54. The summed E-state index contributed by atoms with van der Waals surface area (Å²) in [5, 5.41) is 3.12. The molecule has 0 fully saturated rings. The molecule has 1 N–H and O–H groups in total. The lowest BCUT2D eigenvalue weighted by atomic mass is 10.3. The topological polar surface area (TPSA) is 59.1 Å². The SMILES string of the molecule is Cc1ccnc(Nc2ccc(S(C)(=O)=O)cc2)c1. The zero-order valence-electron chi connectivity index (χ0n) is 10.2. The Morgan fingerprint density at radius 3 is 2.33 bits per heavy atom. The predicted octanol–water partition coefficient (Wildman–Crippen LogP) is 2.54. The number of anilines is 2. The van der Waals surface area contributed by atoms with Crippen LogP contribution in [0.25, 0.3) is 0 Å². The standard InChI is InChI=1S/C13H14N2O2S/c1-10-7-8-14-13(9-10)15-11-3-5-12(6-4-11)18(2,16)17/h3-9H,1-2H3,(H,14,15). The van der Waals surface area contributed by atoms with Crippen LogP contribution in [-0.2, 0) is 9.84 Å². The van der Waals surface area contributed by atoms with E-state index in [-0.39, 0.29) is 0 Å². The molecule has 4 nitrogen and oxygen atoms in total. The van der Waals surface area contributed by atoms with Crippen molar-refractivity contribution in [2.45, 2.75) is 11.8 Å². The Morgan fingerprint density at radius 1 is 1.11 bits per heavy atom. The molecule has 0 bridgehead atoms. The second kappa shape index (κ2) is 4.78. The van der Waals surface area contributed by atoms with Crippen molar-refractivity contribution in [2.24, 2.45) is 0 Å². The largest absolute Gasteiger partial charge is 0.340 e. The Balaban J connectivity index is 2.21. The molecule has 18 heavy (non-hydrogen) atoms. The molecule has 2 aromatic rings. The van der Waals surface area contributed by atoms with Crippen LogP contribution in [0, 0.1) is 6.92 Å². The maximum absolute atomic E-state index is 11.3. The van der Waals surface area contributed by atoms with Crippen LogP contribution < -0.4 is 5.32 Å². The van der Waals surface area contributed by atoms with E-state index in [9.17, 15) is 8.42 Å². The van der Waals surface area contributed by atoms with E-state index < -0.39 is 9.84 Å². The van der Waals surface area contributed by atoms with E-state index in [4.69, 9.17) is 0 Å². The van der Waals surface area contributed by atoms with E-state index in [2.05, 4.69) is 10.3 Å². The number of aryl methyl sites for hydroxylation is 1. The number of hydrogen-bond acceptors (Lipinski definition) is 4. The van der Waals surface area contributed by atoms with Crippen molar-refractivity contribution in [1.82, 2.24) is 4.98 Å². The van der Waals surface area contributed by atoms with Gasteiger partial charge in [0.25, 0.3) is 0 Å². The molecule has 94 valence electrons. The number of nitrogens with zero attached hydrogens (tertiary/aromatic N) is 1. The number of hydrogen-bond donors (Lipinski definition) is 1. The second-order valence-corrected chi connectivity index (χ2v) is 6.16. The molecule has 0 saturated heterocycles. The molecule has 5 heteroatoms. The van der Waals surface area contributed by atoms with E-state index in [0.29, 0.717) is 4.90 Å². The van der Waals surface area contributed by atoms with Crippen LogP contribution in [0.5, 0.6) is 0 Å². The average molecular weight is 262 g/mol. The number of nitrogens with one attached hydrogen (secondary N) is 1. The Labute approximate surface area is 107 Å². The van der Waals surface area contributed by atoms with E-state index in [1.807, 2.05) is 19.1 Å². The summed E-state index contributed by atoms with van der Waals surface area (Å²) in [5.74, 6) is 0.738. The fraction of sp³-hybridized carbons (Fsp3) is 0.154. The molecule has 0 saturated carbocycles. The van der Waals surface area contributed by atoms with Gasteiger partial charge in [0.2, 0.25) is 0 Å². The van der Waals surface area contributed by atoms with Gasteiger partial charge >= 0.3 is 0 Å². The van der Waals surface area contributed by atoms with Crippen molar-refractivity contribution in [3.8, 4) is 0 Å². The maximum atomic E-state index is 11.3. The Hall–Kier alpha value is -1.88. The predicted molar refractivity (Wildman–Crippen MR) is 71.8 cm³/mol. The van der Waals surface area contributed by atoms with Gasteiger partial charge in [-0.05, 0) is 48.9 Å². The summed E-state index contributed by atoms with van der Waals surface area (Å²) >= 11 is 0. The van der Waals surface area contributed by atoms with Crippen molar-refractivity contribution >= 4 is 21.3 Å². The van der Waals surface area contributed by atoms with E-state index in [0.717, 1.165) is 17.1 Å². The van der Waals surface area contributed by atoms with Crippen molar-refractivity contribution in [3.05, 3.63) is 48.2 Å². The molecule has 0 radical (unpaired) electrons. The first-order valence-corrected chi connectivity index (χ1v) is 7.34. The van der Waals surface area contributed by atoms with E-state index >= 15 is 0 Å². The lowest BCUT2D eigenvalue weighted by molar-refractivity contribution is 0.602. The molecular formula is C13H14N2O2S. The molecule has 2 rings (SSSR count). The normalized spacial score (nSPS) is 11.2. The molecule has 1 heterocycles. The van der Waals surface area contributed by atoms with Crippen molar-refractivity contribution in [1.29, 1.82) is 0 Å². The molecule has 0 aliphatic rings. The molecule has 1 aromatic heterocycles. The number of benzene rings is 1. The highest BCUT2D eigenvalue weighted by atomic mass is 32.2. The summed E-state index contributed by atoms with van der Waals surface area (Å²) in [6.07, 6.45) is 2.92. The van der Waals surface area contributed by atoms with Crippen LogP contribution in [0.1, 0.15) is 5.56 Å². The molecule has 1 aromatic carbocycles. The monoisotopic (exact) mass is 262 g/mol. The summed E-state index contributed by atoms with van der Waals surface area (Å²) in [6.45, 7) is 1.99. The van der Waals surface area contributed by atoms with Crippen molar-refractivity contribution < 1.29 is 8.42 Å². The van der Waals surface area contributed by atoms with Gasteiger partial charge in [-0.2, -0.15) is 0 Å². The Morgan fingerprint density at radius 2 is 1.78 bits per heavy atom. The van der Waals surface area contributed by atoms with Gasteiger partial charge in [0.15, 0.2) is 9.84 Å². The van der Waals surface area contributed by atoms with Gasteiger partial charge < -0.3 is 5.32 Å². The minimum atomic E-state index is -3.14. The van der Waals surface area contributed by atoms with Crippen LogP contribution in [0.15, 0.2) is 47.5 Å². The van der Waals surface area contributed by atoms with Crippen molar-refractivity contribution in [3.63, 3.8) is 0 Å². The van der Waals surface area contributed by atoms with Crippen molar-refractivity contribution in [2.75, 3.05) is 11.6 Å². The first kappa shape index (κ1) is 12.6. The second-order valence-electron chi connectivity index (χ2n) is 4.14. The molecule has 0 unspecified atom stereocenters. The average Bonchev–Trinajstić information content (AvgIpc) is 2.28. The molecule has 0 atom stereocenters. The summed E-state index contributed by atoms with van der Waals surface area (Å²) < 4.78 is 22.6. The van der Waals surface area contributed by atoms with Crippen LogP contribution in [0.3, 0.4) is 0 Å². The van der Waals surface area contributed by atoms with Gasteiger partial charge in [0, 0.05) is 18.1 Å². The summed E-state index contributed by atoms with van der Waals surface area (Å²) in [4.78, 5) is 4.49. The third-order valence-electron chi connectivity index (χ3n) is 2.47. The highest BCUT2D eigenvalue weighted by molar-refractivity contribution is 7.90. The molecular weight excluding hydrogens is 248 g/mol. The number of pyridine rings is 1. The fourth-order valence-corrected chi connectivity index (χ4v) is 2.17. The number of aromatic nitrogens is 1. The Kier molecular flexibility index (Phi) is 3.34. The first-order valence-electron chi connectivity index (χ1n) is 5.45. The van der Waals surface area contributed by atoms with Gasteiger partial charge in [0.05, 0.1) is 4.90 Å². The Bertz CT molecular complexity index is 649. The molecule has 0 spiro atoms. The van der Waals surface area contributed by atoms with Gasteiger partial charge in [0.1, 0.15) is 5.82 Å². The third kappa shape index (κ3) is 3.07. The first-order chi connectivity index (χ1) is 8.45. The third-order valence-corrected chi connectivity index (χ3v) is 3.60. The smallest absolute Gasteiger partial charge is 0.175 e. The van der Waals surface area contributed by atoms with Crippen LogP contribution in [-0.4, -0.2) is 19.7 Å². The zero-order valence-corrected chi connectivity index (χ0v) is 11.0.